The van der Waals surface area contributed by atoms with Gasteiger partial charge in [0.05, 0.1) is 5.43 Å². The van der Waals surface area contributed by atoms with E-state index in [0.717, 1.165) is 14.6 Å². The molecule has 43 heavy (non-hydrogen) atoms. The van der Waals surface area contributed by atoms with Gasteiger partial charge in [-0.3, -0.25) is 4.98 Å². The maximum Gasteiger partial charge on any atom is 0.0568 e. The predicted molar refractivity (Wildman–Crippen MR) is 198 cm³/mol. The minimum atomic E-state index is 0.839. The third-order valence-electron chi connectivity index (χ3n) is 9.80. The Kier molecular flexibility index (Phi) is 25.6. The van der Waals surface area contributed by atoms with E-state index >= 15 is 0 Å². The summed E-state index contributed by atoms with van der Waals surface area (Å²) >= 11 is 0. The number of allylic oxidation sites excluding steroid dienone is 4. The standard InChI is InChI=1S/C41H74NP/c1-3-5-7-9-11-13-14-15-16-17-18-19-20-21-22-23-25-26-28-30-33-38-34-32-35-39(38)40-37-42-41(43-40)36-31-29-27-24-12-10-8-6-4-2/h32,34,37,43H,3-31,33,35-36H2,1-2H3. The lowest BCUT2D eigenvalue weighted by atomic mass is 10.0. The van der Waals surface area contributed by atoms with Crippen LogP contribution in [0, 0.1) is 0 Å². The van der Waals surface area contributed by atoms with Crippen LogP contribution in [0.1, 0.15) is 224 Å². The molecule has 0 bridgehead atoms. The summed E-state index contributed by atoms with van der Waals surface area (Å²) in [5.74, 6) is 0. The highest BCUT2D eigenvalue weighted by Gasteiger charge is 2.13. The quantitative estimate of drug-likeness (QED) is 0.0739. The van der Waals surface area contributed by atoms with Gasteiger partial charge in [0.15, 0.2) is 0 Å². The maximum absolute atomic E-state index is 4.86. The smallest absolute Gasteiger partial charge is 0.0568 e. The fourth-order valence-corrected chi connectivity index (χ4v) is 8.17. The highest BCUT2D eigenvalue weighted by atomic mass is 31.0. The first kappa shape index (κ1) is 38.4. The van der Waals surface area contributed by atoms with Crippen LogP contribution in [0.25, 0.3) is 5.57 Å². The molecule has 1 atom stereocenters. The van der Waals surface area contributed by atoms with Gasteiger partial charge in [-0.15, -0.1) is 8.19 Å². The predicted octanol–water partition coefficient (Wildman–Crippen LogP) is 15.1. The lowest BCUT2D eigenvalue weighted by Gasteiger charge is -2.06. The zero-order chi connectivity index (χ0) is 30.5. The molecular formula is C41H74NP. The van der Waals surface area contributed by atoms with Crippen molar-refractivity contribution in [2.24, 2.45) is 0 Å². The molecule has 0 amide bonds. The minimum Gasteiger partial charge on any atom is -0.256 e. The van der Waals surface area contributed by atoms with E-state index < -0.39 is 0 Å². The Morgan fingerprint density at radius 2 is 0.860 bits per heavy atom. The molecule has 1 aliphatic rings. The summed E-state index contributed by atoms with van der Waals surface area (Å²) in [6, 6.07) is 0. The first-order valence-corrected chi connectivity index (χ1v) is 20.8. The molecule has 0 spiro atoms. The molecule has 1 nitrogen and oxygen atoms in total. The van der Waals surface area contributed by atoms with Gasteiger partial charge in [0.1, 0.15) is 0 Å². The van der Waals surface area contributed by atoms with Gasteiger partial charge in [-0.25, -0.2) is 0 Å². The number of aromatic nitrogens is 1. The summed E-state index contributed by atoms with van der Waals surface area (Å²) in [6.45, 7) is 4.61. The summed E-state index contributed by atoms with van der Waals surface area (Å²) in [5, 5.41) is 1.55. The van der Waals surface area contributed by atoms with E-state index in [4.69, 9.17) is 4.98 Å². The number of hydrogen-bond donors (Lipinski definition) is 0. The molecule has 0 saturated carbocycles. The average Bonchev–Trinajstić information content (AvgIpc) is 3.69. The number of rotatable bonds is 32. The van der Waals surface area contributed by atoms with Crippen molar-refractivity contribution >= 4 is 13.8 Å². The average molecular weight is 612 g/mol. The normalized spacial score (nSPS) is 13.3. The monoisotopic (exact) mass is 612 g/mol. The fourth-order valence-electron chi connectivity index (χ4n) is 6.88. The van der Waals surface area contributed by atoms with E-state index in [2.05, 4.69) is 32.2 Å². The van der Waals surface area contributed by atoms with E-state index in [9.17, 15) is 0 Å². The number of unbranched alkanes of at least 4 members (excludes halogenated alkanes) is 27. The molecule has 0 fully saturated rings. The van der Waals surface area contributed by atoms with Crippen LogP contribution in [0.15, 0.2) is 23.9 Å². The third-order valence-corrected chi connectivity index (χ3v) is 11.2. The minimum absolute atomic E-state index is 0.839. The second kappa shape index (κ2) is 28.6. The van der Waals surface area contributed by atoms with Crippen LogP contribution in [0.3, 0.4) is 0 Å². The molecule has 1 aliphatic carbocycles. The summed E-state index contributed by atoms with van der Waals surface area (Å²) in [5.41, 5.74) is 4.72. The zero-order valence-electron chi connectivity index (χ0n) is 29.3. The first-order valence-electron chi connectivity index (χ1n) is 19.8. The van der Waals surface area contributed by atoms with Crippen LogP contribution < -0.4 is 0 Å². The van der Waals surface area contributed by atoms with Crippen LogP contribution >= 0.6 is 8.19 Å². The Labute approximate surface area is 272 Å². The summed E-state index contributed by atoms with van der Waals surface area (Å²) in [4.78, 5) is 4.86. The molecular weight excluding hydrogens is 537 g/mol. The molecule has 1 unspecified atom stereocenters. The molecule has 1 aromatic heterocycles. The summed E-state index contributed by atoms with van der Waals surface area (Å²) < 4.78 is 0. The van der Waals surface area contributed by atoms with Gasteiger partial charge in [0.25, 0.3) is 0 Å². The molecule has 1 heterocycles. The molecule has 0 saturated heterocycles. The van der Waals surface area contributed by atoms with Crippen molar-refractivity contribution in [3.8, 4) is 0 Å². The van der Waals surface area contributed by atoms with Crippen molar-refractivity contribution in [1.29, 1.82) is 0 Å². The van der Waals surface area contributed by atoms with Crippen molar-refractivity contribution in [3.05, 3.63) is 34.6 Å². The SMILES string of the molecule is CCCCCCCCCCCCCCCCCCCCCCC1=C(c2cnc(CCCCCCCCCCC)[pH]2)CC=C1. The molecule has 248 valence electrons. The van der Waals surface area contributed by atoms with E-state index in [1.807, 2.05) is 0 Å². The van der Waals surface area contributed by atoms with E-state index in [1.165, 1.54) is 204 Å². The Hall–Kier alpha value is -0.810. The van der Waals surface area contributed by atoms with Gasteiger partial charge >= 0.3 is 0 Å². The van der Waals surface area contributed by atoms with Crippen LogP contribution in [0.2, 0.25) is 0 Å². The molecule has 0 N–H and O–H groups in total. The van der Waals surface area contributed by atoms with Gasteiger partial charge in [-0.05, 0) is 43.3 Å². The van der Waals surface area contributed by atoms with Crippen LogP contribution in [-0.4, -0.2) is 4.98 Å². The van der Waals surface area contributed by atoms with Gasteiger partial charge in [0, 0.05) is 11.5 Å². The second-order valence-corrected chi connectivity index (χ2v) is 15.3. The Morgan fingerprint density at radius 3 is 1.28 bits per heavy atom. The molecule has 1 aromatic rings. The lowest BCUT2D eigenvalue weighted by Crippen LogP contribution is -1.86. The number of aryl methyl sites for hydroxylation is 1. The van der Waals surface area contributed by atoms with Gasteiger partial charge in [-0.2, -0.15) is 0 Å². The van der Waals surface area contributed by atoms with Gasteiger partial charge < -0.3 is 0 Å². The van der Waals surface area contributed by atoms with Crippen molar-refractivity contribution in [3.63, 3.8) is 0 Å². The van der Waals surface area contributed by atoms with Crippen molar-refractivity contribution < 1.29 is 0 Å². The first-order chi connectivity index (χ1) is 21.3. The Bertz CT molecular complexity index is 802. The highest BCUT2D eigenvalue weighted by molar-refractivity contribution is 7.32. The fraction of sp³-hybridized carbons (Fsp3) is 0.829. The van der Waals surface area contributed by atoms with Crippen LogP contribution in [-0.2, 0) is 6.42 Å². The Balaban J connectivity index is 1.39. The number of hydrogen-bond acceptors (Lipinski definition) is 1. The highest BCUT2D eigenvalue weighted by Crippen LogP contribution is 2.37. The maximum atomic E-state index is 4.86. The van der Waals surface area contributed by atoms with E-state index in [-0.39, 0.29) is 0 Å². The van der Waals surface area contributed by atoms with E-state index in [1.54, 1.807) is 16.4 Å². The third kappa shape index (κ3) is 20.8. The zero-order valence-corrected chi connectivity index (χ0v) is 30.3. The van der Waals surface area contributed by atoms with Crippen LogP contribution in [0.4, 0.5) is 0 Å². The van der Waals surface area contributed by atoms with Crippen LogP contribution in [0.5, 0.6) is 0 Å². The molecule has 2 rings (SSSR count). The molecule has 2 heteroatoms. The summed E-state index contributed by atoms with van der Waals surface area (Å²) in [6.07, 6.45) is 52.5. The van der Waals surface area contributed by atoms with Crippen molar-refractivity contribution in [2.45, 2.75) is 219 Å². The summed E-state index contributed by atoms with van der Waals surface area (Å²) in [7, 11) is 0.839. The second-order valence-electron chi connectivity index (χ2n) is 13.9. The largest absolute Gasteiger partial charge is 0.256 e. The van der Waals surface area contributed by atoms with Gasteiger partial charge in [-0.1, -0.05) is 199 Å². The van der Waals surface area contributed by atoms with Crippen molar-refractivity contribution in [2.75, 3.05) is 0 Å². The molecule has 0 radical (unpaired) electrons. The molecule has 0 aliphatic heterocycles. The van der Waals surface area contributed by atoms with Gasteiger partial charge in [0.2, 0.25) is 0 Å². The number of nitrogens with zero attached hydrogens (tertiary/aromatic N) is 1. The topological polar surface area (TPSA) is 12.9 Å². The molecule has 0 aromatic carbocycles. The van der Waals surface area contributed by atoms with E-state index in [0.29, 0.717) is 0 Å². The van der Waals surface area contributed by atoms with Crippen molar-refractivity contribution in [1.82, 2.24) is 4.98 Å². The Morgan fingerprint density at radius 1 is 0.488 bits per heavy atom. The lowest BCUT2D eigenvalue weighted by molar-refractivity contribution is 0.522.